The highest BCUT2D eigenvalue weighted by Crippen LogP contribution is 2.42. The van der Waals surface area contributed by atoms with Gasteiger partial charge in [-0.15, -0.1) is 0 Å². The number of benzene rings is 1. The van der Waals surface area contributed by atoms with Gasteiger partial charge in [0, 0.05) is 12.0 Å². The van der Waals surface area contributed by atoms with E-state index in [2.05, 4.69) is 46.0 Å². The first-order valence-electron chi connectivity index (χ1n) is 10.8. The molecule has 0 amide bonds. The normalized spacial score (nSPS) is 16.4. The van der Waals surface area contributed by atoms with Gasteiger partial charge in [0.05, 0.1) is 18.8 Å². The lowest BCUT2D eigenvalue weighted by atomic mass is 9.90. The molecule has 0 aliphatic heterocycles. The van der Waals surface area contributed by atoms with Crippen LogP contribution in [0, 0.1) is 5.92 Å². The van der Waals surface area contributed by atoms with Crippen molar-refractivity contribution in [3.05, 3.63) is 59.7 Å². The van der Waals surface area contributed by atoms with E-state index < -0.39 is 14.4 Å². The first kappa shape index (κ1) is 26.3. The zero-order valence-electron chi connectivity index (χ0n) is 19.9. The molecule has 1 aromatic rings. The highest BCUT2D eigenvalue weighted by Gasteiger charge is 2.41. The summed E-state index contributed by atoms with van der Waals surface area (Å²) in [7, 11) is -2.03. The molecule has 0 spiro atoms. The molecule has 0 bridgehead atoms. The van der Waals surface area contributed by atoms with Gasteiger partial charge in [-0.1, -0.05) is 75.8 Å². The van der Waals surface area contributed by atoms with E-state index in [-0.39, 0.29) is 23.0 Å². The van der Waals surface area contributed by atoms with E-state index in [1.807, 2.05) is 38.1 Å². The minimum Gasteiger partial charge on any atom is -0.463 e. The van der Waals surface area contributed by atoms with Gasteiger partial charge in [0.25, 0.3) is 0 Å². The smallest absolute Gasteiger partial charge is 0.330 e. The molecular weight excluding hydrogens is 392 g/mol. The molecule has 1 N–H and O–H groups in total. The molecule has 0 aliphatic carbocycles. The Kier molecular flexibility index (Phi) is 10.2. The molecule has 1 aromatic carbocycles. The van der Waals surface area contributed by atoms with Crippen molar-refractivity contribution in [1.29, 1.82) is 0 Å². The van der Waals surface area contributed by atoms with Gasteiger partial charge < -0.3 is 14.3 Å². The Hall–Kier alpha value is -1.69. The maximum atomic E-state index is 11.5. The number of aliphatic hydroxyl groups excluding tert-OH is 1. The van der Waals surface area contributed by atoms with Gasteiger partial charge in [-0.3, -0.25) is 0 Å². The summed E-state index contributed by atoms with van der Waals surface area (Å²) in [5.74, 6) is -0.439. The maximum absolute atomic E-state index is 11.5. The van der Waals surface area contributed by atoms with Crippen LogP contribution in [-0.4, -0.2) is 32.1 Å². The predicted molar refractivity (Wildman–Crippen MR) is 127 cm³/mol. The first-order valence-corrected chi connectivity index (χ1v) is 13.7. The molecule has 0 aliphatic rings. The van der Waals surface area contributed by atoms with Crippen molar-refractivity contribution in [2.75, 3.05) is 6.61 Å². The van der Waals surface area contributed by atoms with Crippen LogP contribution >= 0.6 is 0 Å². The van der Waals surface area contributed by atoms with Gasteiger partial charge in [-0.05, 0) is 44.0 Å². The molecule has 3 atom stereocenters. The van der Waals surface area contributed by atoms with E-state index in [0.717, 1.165) is 11.1 Å². The van der Waals surface area contributed by atoms with E-state index in [9.17, 15) is 9.90 Å². The van der Waals surface area contributed by atoms with Gasteiger partial charge in [-0.2, -0.15) is 0 Å². The quantitative estimate of drug-likeness (QED) is 0.207. The predicted octanol–water partition coefficient (Wildman–Crippen LogP) is 6.20. The van der Waals surface area contributed by atoms with Crippen molar-refractivity contribution in [3.63, 3.8) is 0 Å². The summed E-state index contributed by atoms with van der Waals surface area (Å²) in [6, 6.07) is 10.2. The fourth-order valence-corrected chi connectivity index (χ4v) is 4.14. The summed E-state index contributed by atoms with van der Waals surface area (Å²) in [6.45, 7) is 17.3. The van der Waals surface area contributed by atoms with E-state index in [4.69, 9.17) is 9.16 Å². The highest BCUT2D eigenvalue weighted by atomic mass is 28.4. The minimum atomic E-state index is -2.03. The molecule has 0 fully saturated rings. The van der Waals surface area contributed by atoms with E-state index in [1.54, 1.807) is 13.0 Å². The molecule has 1 rings (SSSR count). The fourth-order valence-electron chi connectivity index (χ4n) is 2.80. The standard InChI is InChI=1S/C25H40O4Si/c1-9-28-23(27)18-16-19(2)15-17-22(26)20(3)24(21-13-11-10-12-14-21)29-30(7,8)25(4,5)6/h10-16,18,20,22,24,26H,9,17H2,1-8H3/b18-16+,19-15+/t20-,22-,24-/m0/s1. The van der Waals surface area contributed by atoms with Crippen LogP contribution in [0.1, 0.15) is 59.6 Å². The second kappa shape index (κ2) is 11.6. The number of carbonyl (C=O) groups is 1. The fraction of sp³-hybridized carbons (Fsp3) is 0.560. The third-order valence-corrected chi connectivity index (χ3v) is 10.3. The maximum Gasteiger partial charge on any atom is 0.330 e. The second-order valence-corrected chi connectivity index (χ2v) is 14.2. The van der Waals surface area contributed by atoms with Crippen molar-refractivity contribution in [3.8, 4) is 0 Å². The zero-order chi connectivity index (χ0) is 22.9. The summed E-state index contributed by atoms with van der Waals surface area (Å²) in [4.78, 5) is 11.5. The van der Waals surface area contributed by atoms with Crippen molar-refractivity contribution in [2.45, 2.75) is 78.3 Å². The van der Waals surface area contributed by atoms with Crippen LogP contribution in [0.5, 0.6) is 0 Å². The average molecular weight is 433 g/mol. The molecule has 0 heterocycles. The molecule has 168 valence electrons. The zero-order valence-corrected chi connectivity index (χ0v) is 20.9. The average Bonchev–Trinajstić information content (AvgIpc) is 2.68. The number of aliphatic hydroxyl groups is 1. The number of rotatable bonds is 10. The van der Waals surface area contributed by atoms with Crippen LogP contribution in [0.15, 0.2) is 54.1 Å². The third kappa shape index (κ3) is 8.21. The summed E-state index contributed by atoms with van der Waals surface area (Å²) in [6.07, 6.45) is 4.83. The number of ether oxygens (including phenoxy) is 1. The molecule has 0 radical (unpaired) electrons. The molecule has 0 saturated carbocycles. The van der Waals surface area contributed by atoms with Crippen molar-refractivity contribution in [1.82, 2.24) is 0 Å². The lowest BCUT2D eigenvalue weighted by Gasteiger charge is -2.42. The molecule has 0 aromatic heterocycles. The Morgan fingerprint density at radius 3 is 2.30 bits per heavy atom. The Bertz CT molecular complexity index is 716. The molecular formula is C25H40O4Si. The molecule has 0 unspecified atom stereocenters. The van der Waals surface area contributed by atoms with Crippen molar-refractivity contribution in [2.24, 2.45) is 5.92 Å². The molecule has 0 saturated heterocycles. The second-order valence-electron chi connectivity index (χ2n) is 9.41. The Morgan fingerprint density at radius 2 is 1.77 bits per heavy atom. The number of esters is 1. The number of allylic oxidation sites excluding steroid dienone is 2. The van der Waals surface area contributed by atoms with Crippen molar-refractivity contribution >= 4 is 14.3 Å². The van der Waals surface area contributed by atoms with Gasteiger partial charge in [-0.25, -0.2) is 4.79 Å². The van der Waals surface area contributed by atoms with Crippen LogP contribution in [-0.2, 0) is 14.0 Å². The lowest BCUT2D eigenvalue weighted by molar-refractivity contribution is -0.137. The van der Waals surface area contributed by atoms with Crippen LogP contribution in [0.4, 0.5) is 0 Å². The largest absolute Gasteiger partial charge is 0.463 e. The molecule has 4 nitrogen and oxygen atoms in total. The summed E-state index contributed by atoms with van der Waals surface area (Å²) >= 11 is 0. The molecule has 5 heteroatoms. The number of hydrogen-bond acceptors (Lipinski definition) is 4. The SMILES string of the molecule is CCOC(=O)/C=C/C(C)=C/C[C@H](O)[C@H](C)[C@H](O[Si](C)(C)C(C)(C)C)c1ccccc1. The minimum absolute atomic E-state index is 0.0824. The first-order chi connectivity index (χ1) is 13.9. The number of hydrogen-bond donors (Lipinski definition) is 1. The van der Waals surface area contributed by atoms with Gasteiger partial charge in [0.15, 0.2) is 8.32 Å². The van der Waals surface area contributed by atoms with Crippen LogP contribution in [0.25, 0.3) is 0 Å². The highest BCUT2D eigenvalue weighted by molar-refractivity contribution is 6.74. The van der Waals surface area contributed by atoms with E-state index in [1.165, 1.54) is 6.08 Å². The lowest BCUT2D eigenvalue weighted by Crippen LogP contribution is -2.44. The number of carbonyl (C=O) groups excluding carboxylic acids is 1. The van der Waals surface area contributed by atoms with E-state index in [0.29, 0.717) is 13.0 Å². The summed E-state index contributed by atoms with van der Waals surface area (Å²) in [5.41, 5.74) is 2.01. The van der Waals surface area contributed by atoms with Crippen molar-refractivity contribution < 1.29 is 19.1 Å². The Morgan fingerprint density at radius 1 is 1.17 bits per heavy atom. The van der Waals surface area contributed by atoms with E-state index >= 15 is 0 Å². The van der Waals surface area contributed by atoms with Gasteiger partial charge in [0.1, 0.15) is 0 Å². The van der Waals surface area contributed by atoms with Crippen LogP contribution in [0.2, 0.25) is 18.1 Å². The molecule has 30 heavy (non-hydrogen) atoms. The Balaban J connectivity index is 2.97. The van der Waals surface area contributed by atoms with Crippen LogP contribution < -0.4 is 0 Å². The van der Waals surface area contributed by atoms with Crippen LogP contribution in [0.3, 0.4) is 0 Å². The topological polar surface area (TPSA) is 55.8 Å². The van der Waals surface area contributed by atoms with Gasteiger partial charge >= 0.3 is 5.97 Å². The Labute approximate surface area is 184 Å². The third-order valence-electron chi connectivity index (χ3n) is 5.89. The summed E-state index contributed by atoms with van der Waals surface area (Å²) < 4.78 is 11.7. The van der Waals surface area contributed by atoms with Gasteiger partial charge in [0.2, 0.25) is 0 Å². The summed E-state index contributed by atoms with van der Waals surface area (Å²) in [5, 5.41) is 11.0. The monoisotopic (exact) mass is 432 g/mol.